The quantitative estimate of drug-likeness (QED) is 0.720. The lowest BCUT2D eigenvalue weighted by atomic mass is 10.1. The number of aromatic nitrogens is 1. The van der Waals surface area contributed by atoms with Gasteiger partial charge in [0.15, 0.2) is 11.7 Å². The van der Waals surface area contributed by atoms with Gasteiger partial charge in [-0.25, -0.2) is 4.98 Å². The highest BCUT2D eigenvalue weighted by atomic mass is 16.4. The molecule has 0 N–H and O–H groups in total. The van der Waals surface area contributed by atoms with Crippen LogP contribution < -0.4 is 4.90 Å². The van der Waals surface area contributed by atoms with Crippen LogP contribution in [0.15, 0.2) is 59.1 Å². The lowest BCUT2D eigenvalue weighted by Gasteiger charge is -2.17. The van der Waals surface area contributed by atoms with Gasteiger partial charge in [0.1, 0.15) is 0 Å². The molecule has 4 nitrogen and oxygen atoms in total. The molecule has 0 unspecified atom stereocenters. The Bertz CT molecular complexity index is 899. The van der Waals surface area contributed by atoms with Gasteiger partial charge in [-0.2, -0.15) is 0 Å². The van der Waals surface area contributed by atoms with Gasteiger partial charge in [-0.3, -0.25) is 4.79 Å². The second-order valence-electron chi connectivity index (χ2n) is 6.41. The van der Waals surface area contributed by atoms with Gasteiger partial charge in [-0.1, -0.05) is 42.5 Å². The molecule has 0 atom stereocenters. The van der Waals surface area contributed by atoms with Crippen LogP contribution in [0.5, 0.6) is 0 Å². The molecule has 126 valence electrons. The Morgan fingerprint density at radius 2 is 2.04 bits per heavy atom. The van der Waals surface area contributed by atoms with Gasteiger partial charge in [0.2, 0.25) is 5.91 Å². The summed E-state index contributed by atoms with van der Waals surface area (Å²) in [6.45, 7) is 2.82. The first-order valence-electron chi connectivity index (χ1n) is 8.61. The highest BCUT2D eigenvalue weighted by Gasteiger charge is 2.24. The fraction of sp³-hybridized carbons (Fsp3) is 0.238. The molecule has 0 saturated heterocycles. The van der Waals surface area contributed by atoms with Crippen molar-refractivity contribution in [2.24, 2.45) is 0 Å². The molecule has 0 bridgehead atoms. The molecule has 4 rings (SSSR count). The van der Waals surface area contributed by atoms with E-state index in [0.29, 0.717) is 18.7 Å². The number of amides is 1. The van der Waals surface area contributed by atoms with Crippen molar-refractivity contribution in [2.45, 2.75) is 26.2 Å². The van der Waals surface area contributed by atoms with Crippen molar-refractivity contribution in [1.82, 2.24) is 4.98 Å². The van der Waals surface area contributed by atoms with Gasteiger partial charge in [0, 0.05) is 30.6 Å². The topological polar surface area (TPSA) is 46.3 Å². The SMILES string of the molecule is Cc1ccc2c(c1)N(C(=O)CCc1ncc(-c3ccccc3)o1)CC2. The van der Waals surface area contributed by atoms with Crippen molar-refractivity contribution in [3.63, 3.8) is 0 Å². The predicted octanol–water partition coefficient (Wildman–Crippen LogP) is 4.17. The normalized spacial score (nSPS) is 13.1. The van der Waals surface area contributed by atoms with E-state index in [2.05, 4.69) is 30.1 Å². The number of nitrogens with zero attached hydrogens (tertiary/aromatic N) is 2. The molecular formula is C21H20N2O2. The number of hydrogen-bond donors (Lipinski definition) is 0. The average Bonchev–Trinajstić information content (AvgIpc) is 3.27. The number of carbonyl (C=O) groups is 1. The second kappa shape index (κ2) is 6.55. The minimum absolute atomic E-state index is 0.129. The van der Waals surface area contributed by atoms with E-state index in [9.17, 15) is 4.79 Å². The fourth-order valence-electron chi connectivity index (χ4n) is 3.26. The zero-order valence-corrected chi connectivity index (χ0v) is 14.2. The standard InChI is InChI=1S/C21H20N2O2/c1-15-7-8-16-11-12-23(18(16)13-15)21(24)10-9-20-22-14-19(25-20)17-5-3-2-4-6-17/h2-8,13-14H,9-12H2,1H3. The number of benzene rings is 2. The zero-order valence-electron chi connectivity index (χ0n) is 14.2. The highest BCUT2D eigenvalue weighted by molar-refractivity contribution is 5.95. The number of fused-ring (bicyclic) bond motifs is 1. The third-order valence-corrected chi connectivity index (χ3v) is 4.60. The molecule has 4 heteroatoms. The second-order valence-corrected chi connectivity index (χ2v) is 6.41. The molecule has 0 spiro atoms. The summed E-state index contributed by atoms with van der Waals surface area (Å²) in [5, 5.41) is 0. The molecular weight excluding hydrogens is 312 g/mol. The monoisotopic (exact) mass is 332 g/mol. The van der Waals surface area contributed by atoms with Crippen LogP contribution in [0.25, 0.3) is 11.3 Å². The van der Waals surface area contributed by atoms with Crippen LogP contribution in [0.2, 0.25) is 0 Å². The van der Waals surface area contributed by atoms with Crippen LogP contribution >= 0.6 is 0 Å². The fourth-order valence-corrected chi connectivity index (χ4v) is 3.26. The Morgan fingerprint density at radius 3 is 2.88 bits per heavy atom. The summed E-state index contributed by atoms with van der Waals surface area (Å²) < 4.78 is 5.79. The number of oxazole rings is 1. The van der Waals surface area contributed by atoms with Crippen molar-refractivity contribution >= 4 is 11.6 Å². The molecule has 1 amide bonds. The van der Waals surface area contributed by atoms with Crippen molar-refractivity contribution < 1.29 is 9.21 Å². The molecule has 0 aliphatic carbocycles. The summed E-state index contributed by atoms with van der Waals surface area (Å²) in [5.41, 5.74) is 4.49. The van der Waals surface area contributed by atoms with E-state index in [1.54, 1.807) is 6.20 Å². The summed E-state index contributed by atoms with van der Waals surface area (Å²) in [5.74, 6) is 1.48. The summed E-state index contributed by atoms with van der Waals surface area (Å²) in [7, 11) is 0. The Hall–Kier alpha value is -2.88. The lowest BCUT2D eigenvalue weighted by molar-refractivity contribution is -0.118. The first-order valence-corrected chi connectivity index (χ1v) is 8.61. The van der Waals surface area contributed by atoms with Crippen molar-refractivity contribution in [2.75, 3.05) is 11.4 Å². The van der Waals surface area contributed by atoms with E-state index in [1.165, 1.54) is 11.1 Å². The van der Waals surface area contributed by atoms with Crippen LogP contribution in [0, 0.1) is 6.92 Å². The number of hydrogen-bond acceptors (Lipinski definition) is 3. The van der Waals surface area contributed by atoms with Crippen LogP contribution in [-0.4, -0.2) is 17.4 Å². The van der Waals surface area contributed by atoms with E-state index >= 15 is 0 Å². The summed E-state index contributed by atoms with van der Waals surface area (Å²) in [6, 6.07) is 16.2. The Kier molecular flexibility index (Phi) is 4.10. The van der Waals surface area contributed by atoms with Crippen molar-refractivity contribution in [1.29, 1.82) is 0 Å². The number of carbonyl (C=O) groups excluding carboxylic acids is 1. The van der Waals surface area contributed by atoms with Gasteiger partial charge in [0.05, 0.1) is 6.20 Å². The Morgan fingerprint density at radius 1 is 1.20 bits per heavy atom. The molecule has 3 aromatic rings. The third kappa shape index (κ3) is 3.20. The molecule has 2 aromatic carbocycles. The van der Waals surface area contributed by atoms with E-state index < -0.39 is 0 Å². The van der Waals surface area contributed by atoms with Crippen LogP contribution in [0.4, 0.5) is 5.69 Å². The largest absolute Gasteiger partial charge is 0.441 e. The van der Waals surface area contributed by atoms with Gasteiger partial charge >= 0.3 is 0 Å². The summed E-state index contributed by atoms with van der Waals surface area (Å²) >= 11 is 0. The van der Waals surface area contributed by atoms with Crippen molar-refractivity contribution in [3.05, 3.63) is 71.7 Å². The molecule has 0 saturated carbocycles. The predicted molar refractivity (Wildman–Crippen MR) is 97.5 cm³/mol. The van der Waals surface area contributed by atoms with Crippen molar-refractivity contribution in [3.8, 4) is 11.3 Å². The maximum absolute atomic E-state index is 12.6. The van der Waals surface area contributed by atoms with E-state index in [4.69, 9.17) is 4.42 Å². The summed E-state index contributed by atoms with van der Waals surface area (Å²) in [6.07, 6.45) is 3.58. The molecule has 2 heterocycles. The molecule has 0 radical (unpaired) electrons. The average molecular weight is 332 g/mol. The minimum atomic E-state index is 0.129. The lowest BCUT2D eigenvalue weighted by Crippen LogP contribution is -2.29. The zero-order chi connectivity index (χ0) is 17.2. The molecule has 25 heavy (non-hydrogen) atoms. The van der Waals surface area contributed by atoms with E-state index in [1.807, 2.05) is 35.2 Å². The third-order valence-electron chi connectivity index (χ3n) is 4.60. The first kappa shape index (κ1) is 15.6. The maximum Gasteiger partial charge on any atom is 0.227 e. The molecule has 1 aromatic heterocycles. The Balaban J connectivity index is 1.42. The molecule has 1 aliphatic rings. The smallest absolute Gasteiger partial charge is 0.227 e. The van der Waals surface area contributed by atoms with Gasteiger partial charge < -0.3 is 9.32 Å². The number of aryl methyl sites for hydroxylation is 2. The van der Waals surface area contributed by atoms with Gasteiger partial charge in [-0.05, 0) is 30.5 Å². The molecule has 0 fully saturated rings. The van der Waals surface area contributed by atoms with Gasteiger partial charge in [-0.15, -0.1) is 0 Å². The number of rotatable bonds is 4. The van der Waals surface area contributed by atoms with Gasteiger partial charge in [0.25, 0.3) is 0 Å². The van der Waals surface area contributed by atoms with E-state index in [0.717, 1.165) is 30.0 Å². The highest BCUT2D eigenvalue weighted by Crippen LogP contribution is 2.29. The first-order chi connectivity index (χ1) is 12.2. The number of anilines is 1. The van der Waals surface area contributed by atoms with Crippen LogP contribution in [-0.2, 0) is 17.6 Å². The minimum Gasteiger partial charge on any atom is -0.441 e. The molecule has 1 aliphatic heterocycles. The Labute approximate surface area is 147 Å². The van der Waals surface area contributed by atoms with Crippen LogP contribution in [0.3, 0.4) is 0 Å². The van der Waals surface area contributed by atoms with E-state index in [-0.39, 0.29) is 5.91 Å². The maximum atomic E-state index is 12.6. The van der Waals surface area contributed by atoms with Crippen LogP contribution in [0.1, 0.15) is 23.4 Å². The summed E-state index contributed by atoms with van der Waals surface area (Å²) in [4.78, 5) is 18.8.